The second-order valence-electron chi connectivity index (χ2n) is 7.56. The molecule has 2 N–H and O–H groups in total. The van der Waals surface area contributed by atoms with Gasteiger partial charge in [-0.2, -0.15) is 0 Å². The maximum absolute atomic E-state index is 13.0. The van der Waals surface area contributed by atoms with Crippen molar-refractivity contribution >= 4 is 43.7 Å². The van der Waals surface area contributed by atoms with E-state index in [4.69, 9.17) is 4.42 Å². The zero-order chi connectivity index (χ0) is 23.4. The average Bonchev–Trinajstić information content (AvgIpc) is 3.40. The van der Waals surface area contributed by atoms with Crippen LogP contribution in [0, 0.1) is 0 Å². The van der Waals surface area contributed by atoms with Gasteiger partial charge < -0.3 is 15.1 Å². The van der Waals surface area contributed by atoms with Crippen molar-refractivity contribution in [1.29, 1.82) is 0 Å². The predicted molar refractivity (Wildman–Crippen MR) is 129 cm³/mol. The number of nitrogens with one attached hydrogen (secondary N) is 2. The Labute approximate surface area is 199 Å². The fraction of sp³-hybridized carbons (Fsp3) is 0.167. The number of amides is 2. The van der Waals surface area contributed by atoms with Gasteiger partial charge >= 0.3 is 0 Å². The first-order valence-corrected chi connectivity index (χ1v) is 12.8. The minimum Gasteiger partial charge on any atom is -0.457 e. The van der Waals surface area contributed by atoms with Crippen LogP contribution in [0.25, 0.3) is 17.4 Å². The molecule has 3 aromatic rings. The monoisotopic (exact) mass is 528 g/mol. The molecule has 1 atom stereocenters. The number of benzene rings is 2. The number of carbonyl (C=O) groups is 2. The Morgan fingerprint density at radius 1 is 1.00 bits per heavy atom. The Bertz CT molecular complexity index is 1300. The summed E-state index contributed by atoms with van der Waals surface area (Å²) < 4.78 is 31.1. The van der Waals surface area contributed by atoms with Crippen LogP contribution in [-0.2, 0) is 14.6 Å². The Morgan fingerprint density at radius 3 is 2.39 bits per heavy atom. The van der Waals surface area contributed by atoms with Gasteiger partial charge in [-0.15, -0.1) is 0 Å². The summed E-state index contributed by atoms with van der Waals surface area (Å²) in [5.74, 6) is -0.244. The molecule has 1 fully saturated rings. The summed E-state index contributed by atoms with van der Waals surface area (Å²) in [6.45, 7) is 0. The summed E-state index contributed by atoms with van der Waals surface area (Å²) >= 11 is 3.39. The van der Waals surface area contributed by atoms with Crippen LogP contribution in [0.4, 0.5) is 0 Å². The first kappa shape index (κ1) is 23.0. The normalized spacial score (nSPS) is 17.5. The maximum Gasteiger partial charge on any atom is 0.268 e. The number of halogens is 1. The Hall–Kier alpha value is -3.17. The van der Waals surface area contributed by atoms with Gasteiger partial charge in [0.25, 0.3) is 11.8 Å². The van der Waals surface area contributed by atoms with Crippen molar-refractivity contribution in [3.63, 3.8) is 0 Å². The van der Waals surface area contributed by atoms with Crippen molar-refractivity contribution in [3.05, 3.63) is 88.2 Å². The zero-order valence-electron chi connectivity index (χ0n) is 17.5. The van der Waals surface area contributed by atoms with E-state index in [2.05, 4.69) is 26.6 Å². The van der Waals surface area contributed by atoms with Gasteiger partial charge in [0.05, 0.1) is 5.75 Å². The molecule has 4 rings (SSSR count). The highest BCUT2D eigenvalue weighted by Gasteiger charge is 2.33. The maximum atomic E-state index is 13.0. The quantitative estimate of drug-likeness (QED) is 0.468. The first-order valence-electron chi connectivity index (χ1n) is 10.3. The fourth-order valence-corrected chi connectivity index (χ4v) is 5.39. The summed E-state index contributed by atoms with van der Waals surface area (Å²) in [5.41, 5.74) is 1.09. The minimum absolute atomic E-state index is 0.0299. The number of furan rings is 1. The van der Waals surface area contributed by atoms with Gasteiger partial charge in [-0.25, -0.2) is 8.42 Å². The van der Waals surface area contributed by atoms with Crippen LogP contribution in [0.1, 0.15) is 29.0 Å². The van der Waals surface area contributed by atoms with E-state index >= 15 is 0 Å². The molecule has 1 unspecified atom stereocenters. The lowest BCUT2D eigenvalue weighted by molar-refractivity contribution is -0.118. The molecular formula is C24H21BrN2O5S. The molecule has 2 amide bonds. The molecule has 9 heteroatoms. The average molecular weight is 529 g/mol. The summed E-state index contributed by atoms with van der Waals surface area (Å²) in [7, 11) is -3.40. The molecule has 170 valence electrons. The van der Waals surface area contributed by atoms with Gasteiger partial charge in [-0.3, -0.25) is 9.59 Å². The van der Waals surface area contributed by atoms with E-state index in [-0.39, 0.29) is 11.4 Å². The van der Waals surface area contributed by atoms with Crippen molar-refractivity contribution in [3.8, 4) is 11.3 Å². The number of rotatable bonds is 6. The molecule has 1 aromatic heterocycles. The lowest BCUT2D eigenvalue weighted by Crippen LogP contribution is -2.42. The topological polar surface area (TPSA) is 105 Å². The highest BCUT2D eigenvalue weighted by Crippen LogP contribution is 2.25. The smallest absolute Gasteiger partial charge is 0.268 e. The van der Waals surface area contributed by atoms with Gasteiger partial charge in [0.2, 0.25) is 0 Å². The molecule has 0 spiro atoms. The molecule has 33 heavy (non-hydrogen) atoms. The van der Waals surface area contributed by atoms with Gasteiger partial charge in [-0.05, 0) is 49.2 Å². The van der Waals surface area contributed by atoms with E-state index in [1.807, 2.05) is 24.3 Å². The lowest BCUT2D eigenvalue weighted by atomic mass is 10.2. The SMILES string of the molecule is O=C(NC1CCCS1(=O)=O)C(=Cc1ccc(-c2ccc(Br)cc2)o1)NC(=O)c1ccccc1. The largest absolute Gasteiger partial charge is 0.457 e. The summed E-state index contributed by atoms with van der Waals surface area (Å²) in [6, 6.07) is 19.4. The second-order valence-corrected chi connectivity index (χ2v) is 10.8. The third kappa shape index (κ3) is 5.61. The van der Waals surface area contributed by atoms with E-state index < -0.39 is 27.0 Å². The van der Waals surface area contributed by atoms with Crippen LogP contribution in [-0.4, -0.2) is 31.4 Å². The number of sulfone groups is 1. The highest BCUT2D eigenvalue weighted by atomic mass is 79.9. The number of carbonyl (C=O) groups excluding carboxylic acids is 2. The second kappa shape index (κ2) is 9.76. The zero-order valence-corrected chi connectivity index (χ0v) is 19.9. The molecule has 0 radical (unpaired) electrons. The van der Waals surface area contributed by atoms with Crippen LogP contribution in [0.5, 0.6) is 0 Å². The fourth-order valence-electron chi connectivity index (χ4n) is 3.46. The number of hydrogen-bond acceptors (Lipinski definition) is 5. The van der Waals surface area contributed by atoms with E-state index in [1.165, 1.54) is 6.08 Å². The predicted octanol–water partition coefficient (Wildman–Crippen LogP) is 4.13. The molecule has 1 aliphatic heterocycles. The molecule has 1 aliphatic rings. The van der Waals surface area contributed by atoms with Gasteiger partial charge in [0.1, 0.15) is 22.6 Å². The lowest BCUT2D eigenvalue weighted by Gasteiger charge is -2.15. The molecule has 7 nitrogen and oxygen atoms in total. The first-order chi connectivity index (χ1) is 15.8. The van der Waals surface area contributed by atoms with E-state index in [1.54, 1.807) is 42.5 Å². The van der Waals surface area contributed by atoms with Crippen molar-refractivity contribution in [2.45, 2.75) is 18.2 Å². The standard InChI is InChI=1S/C24H21BrN2O5S/c25-18-10-8-16(9-11-18)21-13-12-19(32-21)15-20(26-23(28)17-5-2-1-3-6-17)24(29)27-22-7-4-14-33(22,30)31/h1-3,5-6,8-13,15,22H,4,7,14H2,(H,26,28)(H,27,29). The molecule has 2 heterocycles. The minimum atomic E-state index is -3.40. The van der Waals surface area contributed by atoms with Crippen molar-refractivity contribution in [2.75, 3.05) is 5.75 Å². The molecule has 0 saturated carbocycles. The van der Waals surface area contributed by atoms with Crippen LogP contribution >= 0.6 is 15.9 Å². The summed E-state index contributed by atoms with van der Waals surface area (Å²) in [6.07, 6.45) is 2.21. The third-order valence-electron chi connectivity index (χ3n) is 5.19. The van der Waals surface area contributed by atoms with Gasteiger partial charge in [0.15, 0.2) is 9.84 Å². The summed E-state index contributed by atoms with van der Waals surface area (Å²) in [4.78, 5) is 25.7. The van der Waals surface area contributed by atoms with Crippen molar-refractivity contribution < 1.29 is 22.4 Å². The van der Waals surface area contributed by atoms with Gasteiger partial charge in [-0.1, -0.05) is 46.3 Å². The molecule has 0 aliphatic carbocycles. The van der Waals surface area contributed by atoms with Crippen LogP contribution in [0.2, 0.25) is 0 Å². The Kier molecular flexibility index (Phi) is 6.80. The van der Waals surface area contributed by atoms with E-state index in [0.29, 0.717) is 29.9 Å². The Balaban J connectivity index is 1.61. The summed E-state index contributed by atoms with van der Waals surface area (Å²) in [5, 5.41) is 4.15. The van der Waals surface area contributed by atoms with Gasteiger partial charge in [0, 0.05) is 21.7 Å². The molecule has 1 saturated heterocycles. The van der Waals surface area contributed by atoms with E-state index in [0.717, 1.165) is 10.0 Å². The highest BCUT2D eigenvalue weighted by molar-refractivity contribution is 9.10. The van der Waals surface area contributed by atoms with Crippen LogP contribution in [0.15, 0.2) is 81.3 Å². The van der Waals surface area contributed by atoms with Crippen molar-refractivity contribution in [2.24, 2.45) is 0 Å². The van der Waals surface area contributed by atoms with Crippen LogP contribution < -0.4 is 10.6 Å². The van der Waals surface area contributed by atoms with Crippen LogP contribution in [0.3, 0.4) is 0 Å². The number of hydrogen-bond donors (Lipinski definition) is 2. The molecule has 0 bridgehead atoms. The molecular weight excluding hydrogens is 508 g/mol. The third-order valence-corrected chi connectivity index (χ3v) is 7.80. The Morgan fingerprint density at radius 2 is 1.73 bits per heavy atom. The molecule has 2 aromatic carbocycles. The van der Waals surface area contributed by atoms with E-state index in [9.17, 15) is 18.0 Å². The van der Waals surface area contributed by atoms with Crippen molar-refractivity contribution in [1.82, 2.24) is 10.6 Å².